The number of Topliss-reactive ketones (excluding diaryl/α,β-unsaturated/α-hetero) is 1. The summed E-state index contributed by atoms with van der Waals surface area (Å²) in [6.45, 7) is 5.92. The lowest BCUT2D eigenvalue weighted by molar-refractivity contribution is -0.140. The highest BCUT2D eigenvalue weighted by molar-refractivity contribution is 6.46. The molecule has 1 amide bonds. The smallest absolute Gasteiger partial charge is 0.296 e. The van der Waals surface area contributed by atoms with Crippen LogP contribution in [-0.4, -0.2) is 46.9 Å². The predicted octanol–water partition coefficient (Wildman–Crippen LogP) is 5.87. The normalized spacial score (nSPS) is 16.8. The van der Waals surface area contributed by atoms with Crippen molar-refractivity contribution in [1.29, 1.82) is 0 Å². The number of halogens is 2. The molecule has 1 N–H and O–H groups in total. The van der Waals surface area contributed by atoms with Gasteiger partial charge in [0.25, 0.3) is 11.7 Å². The standard InChI is InChI=1S/C28H27Cl2N3O4/c1-4-32(5-2)20-11-9-17(10-12-20)24-23(25(34)18-14-21(29)27(37-3)22(30)15-18)26(35)28(36)33(24)16-19-8-6-7-13-31-19/h6-15,24,34H,4-5,16H2,1-3H3/b25-23+. The first-order valence-electron chi connectivity index (χ1n) is 11.9. The number of pyridine rings is 1. The van der Waals surface area contributed by atoms with E-state index in [0.717, 1.165) is 18.8 Å². The third kappa shape index (κ3) is 5.15. The van der Waals surface area contributed by atoms with Crippen molar-refractivity contribution in [3.63, 3.8) is 0 Å². The van der Waals surface area contributed by atoms with Gasteiger partial charge in [0, 0.05) is 30.5 Å². The van der Waals surface area contributed by atoms with Crippen LogP contribution in [-0.2, 0) is 16.1 Å². The average Bonchev–Trinajstić information content (AvgIpc) is 3.14. The van der Waals surface area contributed by atoms with Crippen molar-refractivity contribution in [1.82, 2.24) is 9.88 Å². The lowest BCUT2D eigenvalue weighted by atomic mass is 9.95. The Hall–Kier alpha value is -3.55. The van der Waals surface area contributed by atoms with Gasteiger partial charge in [0.05, 0.1) is 41.0 Å². The Kier molecular flexibility index (Phi) is 8.05. The average molecular weight is 540 g/mol. The van der Waals surface area contributed by atoms with Crippen LogP contribution in [0.1, 0.15) is 36.7 Å². The highest BCUT2D eigenvalue weighted by Gasteiger charge is 2.46. The second-order valence-electron chi connectivity index (χ2n) is 8.49. The van der Waals surface area contributed by atoms with Gasteiger partial charge in [0.15, 0.2) is 5.75 Å². The number of likely N-dealkylation sites (tertiary alicyclic amines) is 1. The molecule has 1 saturated heterocycles. The number of hydrogen-bond donors (Lipinski definition) is 1. The molecule has 0 aliphatic carbocycles. The van der Waals surface area contributed by atoms with Crippen molar-refractivity contribution in [2.45, 2.75) is 26.4 Å². The highest BCUT2D eigenvalue weighted by Crippen LogP contribution is 2.42. The molecule has 1 aliphatic heterocycles. The van der Waals surface area contributed by atoms with E-state index in [4.69, 9.17) is 27.9 Å². The number of carbonyl (C=O) groups is 2. The minimum absolute atomic E-state index is 0.0474. The number of nitrogens with zero attached hydrogens (tertiary/aromatic N) is 3. The van der Waals surface area contributed by atoms with E-state index in [1.54, 1.807) is 18.3 Å². The van der Waals surface area contributed by atoms with E-state index < -0.39 is 17.7 Å². The molecule has 1 aliphatic rings. The molecule has 1 fully saturated rings. The molecular formula is C28H27Cl2N3O4. The third-order valence-corrected chi connectivity index (χ3v) is 6.97. The Morgan fingerprint density at radius 1 is 1.05 bits per heavy atom. The van der Waals surface area contributed by atoms with Gasteiger partial charge < -0.3 is 19.6 Å². The SMILES string of the molecule is CCN(CC)c1ccc(C2/C(=C(\O)c3cc(Cl)c(OC)c(Cl)c3)C(=O)C(=O)N2Cc2ccccn2)cc1. The number of amides is 1. The van der Waals surface area contributed by atoms with E-state index in [9.17, 15) is 14.7 Å². The molecule has 0 radical (unpaired) electrons. The molecule has 9 heteroatoms. The summed E-state index contributed by atoms with van der Waals surface area (Å²) in [5, 5.41) is 11.7. The van der Waals surface area contributed by atoms with Gasteiger partial charge in [-0.25, -0.2) is 0 Å². The Morgan fingerprint density at radius 2 is 1.70 bits per heavy atom. The number of benzene rings is 2. The first kappa shape index (κ1) is 26.5. The minimum Gasteiger partial charge on any atom is -0.507 e. The minimum atomic E-state index is -0.840. The van der Waals surface area contributed by atoms with Crippen LogP contribution < -0.4 is 9.64 Å². The van der Waals surface area contributed by atoms with E-state index in [0.29, 0.717) is 11.3 Å². The van der Waals surface area contributed by atoms with Crippen LogP contribution in [0.15, 0.2) is 66.4 Å². The number of methoxy groups -OCH3 is 1. The number of ether oxygens (including phenoxy) is 1. The number of aliphatic hydroxyl groups is 1. The number of aliphatic hydroxyl groups excluding tert-OH is 1. The largest absolute Gasteiger partial charge is 0.507 e. The maximum Gasteiger partial charge on any atom is 0.296 e. The Morgan fingerprint density at radius 3 is 2.24 bits per heavy atom. The topological polar surface area (TPSA) is 83.0 Å². The van der Waals surface area contributed by atoms with Crippen LogP contribution >= 0.6 is 23.2 Å². The van der Waals surface area contributed by atoms with Crippen molar-refractivity contribution >= 4 is 46.3 Å². The molecule has 1 aromatic heterocycles. The van der Waals surface area contributed by atoms with Gasteiger partial charge in [-0.1, -0.05) is 41.4 Å². The molecule has 0 spiro atoms. The summed E-state index contributed by atoms with van der Waals surface area (Å²) in [5.74, 6) is -1.64. The maximum absolute atomic E-state index is 13.3. The van der Waals surface area contributed by atoms with Crippen LogP contribution in [0.2, 0.25) is 10.0 Å². The van der Waals surface area contributed by atoms with E-state index in [1.165, 1.54) is 24.1 Å². The van der Waals surface area contributed by atoms with Crippen molar-refractivity contribution in [2.75, 3.05) is 25.1 Å². The zero-order valence-electron chi connectivity index (χ0n) is 20.7. The number of aromatic nitrogens is 1. The summed E-state index contributed by atoms with van der Waals surface area (Å²) in [6.07, 6.45) is 1.63. The highest BCUT2D eigenvalue weighted by atomic mass is 35.5. The van der Waals surface area contributed by atoms with E-state index in [-0.39, 0.29) is 39.2 Å². The Balaban J connectivity index is 1.86. The summed E-state index contributed by atoms with van der Waals surface area (Å²) >= 11 is 12.6. The van der Waals surface area contributed by atoms with Crippen LogP contribution in [0.3, 0.4) is 0 Å². The fourth-order valence-corrected chi connectivity index (χ4v) is 5.20. The molecule has 3 aromatic rings. The Bertz CT molecular complexity index is 1320. The first-order chi connectivity index (χ1) is 17.8. The van der Waals surface area contributed by atoms with Gasteiger partial charge in [-0.05, 0) is 55.8 Å². The van der Waals surface area contributed by atoms with Crippen LogP contribution in [0.25, 0.3) is 5.76 Å². The van der Waals surface area contributed by atoms with Crippen LogP contribution in [0.5, 0.6) is 5.75 Å². The third-order valence-electron chi connectivity index (χ3n) is 6.41. The van der Waals surface area contributed by atoms with Gasteiger partial charge in [-0.3, -0.25) is 14.6 Å². The summed E-state index contributed by atoms with van der Waals surface area (Å²) in [4.78, 5) is 34.5. The number of anilines is 1. The Labute approximate surface area is 225 Å². The molecule has 0 saturated carbocycles. The van der Waals surface area contributed by atoms with Crippen molar-refractivity contribution < 1.29 is 19.4 Å². The zero-order chi connectivity index (χ0) is 26.7. The molecule has 2 heterocycles. The maximum atomic E-state index is 13.3. The lowest BCUT2D eigenvalue weighted by Crippen LogP contribution is -2.29. The summed E-state index contributed by atoms with van der Waals surface area (Å²) in [7, 11) is 1.43. The van der Waals surface area contributed by atoms with E-state index in [2.05, 4.69) is 23.7 Å². The van der Waals surface area contributed by atoms with Crippen molar-refractivity contribution in [2.24, 2.45) is 0 Å². The van der Waals surface area contributed by atoms with Crippen molar-refractivity contribution in [3.05, 3.63) is 93.2 Å². The summed E-state index contributed by atoms with van der Waals surface area (Å²) in [5.41, 5.74) is 2.47. The molecule has 192 valence electrons. The van der Waals surface area contributed by atoms with E-state index in [1.807, 2.05) is 30.3 Å². The zero-order valence-corrected chi connectivity index (χ0v) is 22.3. The first-order valence-corrected chi connectivity index (χ1v) is 12.6. The quantitative estimate of drug-likeness (QED) is 0.219. The van der Waals surface area contributed by atoms with Gasteiger partial charge in [0.1, 0.15) is 5.76 Å². The monoisotopic (exact) mass is 539 g/mol. The molecule has 37 heavy (non-hydrogen) atoms. The van der Waals surface area contributed by atoms with Gasteiger partial charge >= 0.3 is 0 Å². The van der Waals surface area contributed by atoms with Gasteiger partial charge in [-0.15, -0.1) is 0 Å². The summed E-state index contributed by atoms with van der Waals surface area (Å²) < 4.78 is 5.20. The predicted molar refractivity (Wildman–Crippen MR) is 145 cm³/mol. The summed E-state index contributed by atoms with van der Waals surface area (Å²) in [6, 6.07) is 15.1. The molecular weight excluding hydrogens is 513 g/mol. The fraction of sp³-hybridized carbons (Fsp3) is 0.250. The number of hydrogen-bond acceptors (Lipinski definition) is 6. The number of rotatable bonds is 8. The van der Waals surface area contributed by atoms with Gasteiger partial charge in [0.2, 0.25) is 0 Å². The fourth-order valence-electron chi connectivity index (χ4n) is 4.56. The van der Waals surface area contributed by atoms with Crippen LogP contribution in [0.4, 0.5) is 5.69 Å². The molecule has 0 bridgehead atoms. The molecule has 1 unspecified atom stereocenters. The van der Waals surface area contributed by atoms with E-state index >= 15 is 0 Å². The van der Waals surface area contributed by atoms with Gasteiger partial charge in [-0.2, -0.15) is 0 Å². The molecule has 7 nitrogen and oxygen atoms in total. The number of ketones is 1. The second-order valence-corrected chi connectivity index (χ2v) is 9.30. The molecule has 1 atom stereocenters. The second kappa shape index (κ2) is 11.2. The van der Waals surface area contributed by atoms with Crippen molar-refractivity contribution in [3.8, 4) is 5.75 Å². The molecule has 2 aromatic carbocycles. The number of carbonyl (C=O) groups excluding carboxylic acids is 2. The van der Waals surface area contributed by atoms with Crippen LogP contribution in [0, 0.1) is 0 Å². The lowest BCUT2D eigenvalue weighted by Gasteiger charge is -2.26. The molecule has 4 rings (SSSR count).